The van der Waals surface area contributed by atoms with E-state index in [4.69, 9.17) is 9.72 Å². The van der Waals surface area contributed by atoms with E-state index in [9.17, 15) is 19.8 Å². The summed E-state index contributed by atoms with van der Waals surface area (Å²) in [6.45, 7) is 2.02. The van der Waals surface area contributed by atoms with Crippen molar-refractivity contribution in [3.63, 3.8) is 0 Å². The number of methoxy groups -OCH3 is 1. The molecule has 1 aliphatic heterocycles. The van der Waals surface area contributed by atoms with Crippen molar-refractivity contribution in [1.29, 1.82) is 0 Å². The zero-order chi connectivity index (χ0) is 24.7. The number of fused-ring (bicyclic) bond motifs is 3. The normalized spacial score (nSPS) is 26.0. The van der Waals surface area contributed by atoms with Crippen LogP contribution in [0.4, 0.5) is 10.5 Å². The van der Waals surface area contributed by atoms with Gasteiger partial charge in [-0.05, 0) is 63.5 Å². The third-order valence-electron chi connectivity index (χ3n) is 8.54. The van der Waals surface area contributed by atoms with Crippen molar-refractivity contribution >= 4 is 28.8 Å². The average Bonchev–Trinajstić information content (AvgIpc) is 3.51. The van der Waals surface area contributed by atoms with Crippen molar-refractivity contribution in [1.82, 2.24) is 9.55 Å². The van der Waals surface area contributed by atoms with Gasteiger partial charge < -0.3 is 19.5 Å². The SMILES string of the molecule is COC(=O)N1c2ccc3c(nc(C(O)CC4CCCC4)n3C3CCCC(C(=O)O)C3)c2CCC1C. The number of aliphatic hydroxyl groups is 1. The number of aliphatic carboxylic acids is 1. The van der Waals surface area contributed by atoms with Gasteiger partial charge in [0.2, 0.25) is 0 Å². The summed E-state index contributed by atoms with van der Waals surface area (Å²) >= 11 is 0. The zero-order valence-electron chi connectivity index (χ0n) is 20.8. The lowest BCUT2D eigenvalue weighted by Gasteiger charge is -2.34. The lowest BCUT2D eigenvalue weighted by atomic mass is 9.85. The monoisotopic (exact) mass is 483 g/mol. The summed E-state index contributed by atoms with van der Waals surface area (Å²) in [5.41, 5.74) is 3.57. The first kappa shape index (κ1) is 24.1. The highest BCUT2D eigenvalue weighted by atomic mass is 16.5. The second-order valence-electron chi connectivity index (χ2n) is 10.8. The minimum Gasteiger partial charge on any atom is -0.481 e. The van der Waals surface area contributed by atoms with Crippen molar-refractivity contribution in [3.05, 3.63) is 23.5 Å². The molecule has 2 heterocycles. The Balaban J connectivity index is 1.61. The largest absolute Gasteiger partial charge is 0.481 e. The molecule has 1 aromatic heterocycles. The summed E-state index contributed by atoms with van der Waals surface area (Å²) in [6, 6.07) is 3.97. The molecule has 0 bridgehead atoms. The number of imidazole rings is 1. The number of carbonyl (C=O) groups is 2. The van der Waals surface area contributed by atoms with E-state index in [0.717, 1.165) is 60.8 Å². The van der Waals surface area contributed by atoms with Gasteiger partial charge in [-0.25, -0.2) is 9.78 Å². The smallest absolute Gasteiger partial charge is 0.414 e. The lowest BCUT2D eigenvalue weighted by Crippen LogP contribution is -2.42. The molecule has 2 aliphatic carbocycles. The number of aliphatic hydroxyl groups excluding tert-OH is 1. The number of hydrogen-bond donors (Lipinski definition) is 2. The first-order valence-corrected chi connectivity index (χ1v) is 13.2. The van der Waals surface area contributed by atoms with Crippen molar-refractivity contribution in [2.75, 3.05) is 12.0 Å². The highest BCUT2D eigenvalue weighted by Crippen LogP contribution is 2.42. The molecule has 1 amide bonds. The molecule has 4 atom stereocenters. The lowest BCUT2D eigenvalue weighted by molar-refractivity contribution is -0.143. The molecule has 8 nitrogen and oxygen atoms in total. The predicted molar refractivity (Wildman–Crippen MR) is 133 cm³/mol. The summed E-state index contributed by atoms with van der Waals surface area (Å²) in [4.78, 5) is 31.1. The minimum absolute atomic E-state index is 0.0136. The number of hydrogen-bond acceptors (Lipinski definition) is 5. The molecular weight excluding hydrogens is 446 g/mol. The second-order valence-corrected chi connectivity index (χ2v) is 10.8. The minimum atomic E-state index is -0.743. The van der Waals surface area contributed by atoms with Crippen molar-refractivity contribution in [3.8, 4) is 0 Å². The molecule has 2 aromatic rings. The standard InChI is InChI=1S/C27H37N3O5/c1-16-10-11-20-21(29(16)27(34)35-2)12-13-22-24(20)28-25(23(31)14-17-6-3-4-7-17)30(22)19-9-5-8-18(15-19)26(32)33/h12-13,16-19,23,31H,3-11,14-15H2,1-2H3,(H,32,33). The van der Waals surface area contributed by atoms with Gasteiger partial charge in [0, 0.05) is 17.6 Å². The van der Waals surface area contributed by atoms with Crippen LogP contribution in [0.1, 0.15) is 94.7 Å². The molecule has 4 unspecified atom stereocenters. The molecule has 190 valence electrons. The molecule has 3 aliphatic rings. The first-order chi connectivity index (χ1) is 16.9. The zero-order valence-corrected chi connectivity index (χ0v) is 20.8. The van der Waals surface area contributed by atoms with Gasteiger partial charge in [-0.1, -0.05) is 32.1 Å². The van der Waals surface area contributed by atoms with Gasteiger partial charge in [0.1, 0.15) is 11.9 Å². The average molecular weight is 484 g/mol. The van der Waals surface area contributed by atoms with E-state index in [1.54, 1.807) is 4.90 Å². The van der Waals surface area contributed by atoms with Crippen molar-refractivity contribution in [2.45, 2.75) is 95.7 Å². The van der Waals surface area contributed by atoms with E-state index in [2.05, 4.69) is 4.57 Å². The molecule has 2 N–H and O–H groups in total. The van der Waals surface area contributed by atoms with Crippen LogP contribution < -0.4 is 4.90 Å². The van der Waals surface area contributed by atoms with Gasteiger partial charge in [-0.2, -0.15) is 0 Å². The number of ether oxygens (including phenoxy) is 1. The maximum absolute atomic E-state index is 12.6. The van der Waals surface area contributed by atoms with E-state index in [-0.39, 0.29) is 24.1 Å². The molecule has 2 saturated carbocycles. The van der Waals surface area contributed by atoms with E-state index >= 15 is 0 Å². The van der Waals surface area contributed by atoms with Crippen LogP contribution in [0.3, 0.4) is 0 Å². The van der Waals surface area contributed by atoms with Crippen molar-refractivity contribution in [2.24, 2.45) is 11.8 Å². The molecule has 8 heteroatoms. The Hall–Kier alpha value is -2.61. The first-order valence-electron chi connectivity index (χ1n) is 13.2. The Morgan fingerprint density at radius 3 is 2.63 bits per heavy atom. The number of aryl methyl sites for hydroxylation is 1. The number of benzene rings is 1. The molecule has 0 radical (unpaired) electrons. The van der Waals surface area contributed by atoms with Crippen LogP contribution in [0.5, 0.6) is 0 Å². The van der Waals surface area contributed by atoms with Gasteiger partial charge >= 0.3 is 12.1 Å². The summed E-state index contributed by atoms with van der Waals surface area (Å²) in [7, 11) is 1.40. The van der Waals surface area contributed by atoms with Crippen LogP contribution in [0.25, 0.3) is 11.0 Å². The third-order valence-corrected chi connectivity index (χ3v) is 8.54. The number of rotatable bonds is 5. The van der Waals surface area contributed by atoms with Gasteiger partial charge in [-0.3, -0.25) is 9.69 Å². The van der Waals surface area contributed by atoms with E-state index in [0.29, 0.717) is 31.0 Å². The number of carbonyl (C=O) groups excluding carboxylic acids is 1. The summed E-state index contributed by atoms with van der Waals surface area (Å²) in [6.07, 6.45) is 8.89. The van der Waals surface area contributed by atoms with Crippen LogP contribution in [-0.4, -0.2) is 45.0 Å². The fourth-order valence-corrected chi connectivity index (χ4v) is 6.70. The Morgan fingerprint density at radius 1 is 1.14 bits per heavy atom. The Labute approximate surface area is 206 Å². The maximum atomic E-state index is 12.6. The topological polar surface area (TPSA) is 105 Å². The molecule has 1 aromatic carbocycles. The molecular formula is C27H37N3O5. The molecule has 0 spiro atoms. The molecule has 2 fully saturated rings. The number of aromatic nitrogens is 2. The number of anilines is 1. The van der Waals surface area contributed by atoms with Crippen LogP contribution >= 0.6 is 0 Å². The quantitative estimate of drug-likeness (QED) is 0.592. The van der Waals surface area contributed by atoms with E-state index in [1.807, 2.05) is 19.1 Å². The summed E-state index contributed by atoms with van der Waals surface area (Å²) in [5, 5.41) is 21.1. The molecule has 0 saturated heterocycles. The van der Waals surface area contributed by atoms with Crippen molar-refractivity contribution < 1.29 is 24.5 Å². The number of amides is 1. The Kier molecular flexibility index (Phi) is 6.75. The predicted octanol–water partition coefficient (Wildman–Crippen LogP) is 5.37. The number of carboxylic acid groups (broad SMARTS) is 1. The maximum Gasteiger partial charge on any atom is 0.414 e. The number of nitrogens with zero attached hydrogens (tertiary/aromatic N) is 3. The third kappa shape index (κ3) is 4.41. The van der Waals surface area contributed by atoms with Gasteiger partial charge in [0.05, 0.1) is 29.7 Å². The Bertz CT molecular complexity index is 1110. The summed E-state index contributed by atoms with van der Waals surface area (Å²) in [5.74, 6) is 0.0344. The van der Waals surface area contributed by atoms with Crippen LogP contribution in [0.2, 0.25) is 0 Å². The molecule has 5 rings (SSSR count). The highest BCUT2D eigenvalue weighted by molar-refractivity contribution is 5.95. The van der Waals surface area contributed by atoms with Crippen LogP contribution in [0.15, 0.2) is 12.1 Å². The fourth-order valence-electron chi connectivity index (χ4n) is 6.70. The van der Waals surface area contributed by atoms with E-state index in [1.165, 1.54) is 20.0 Å². The summed E-state index contributed by atoms with van der Waals surface area (Å²) < 4.78 is 7.21. The van der Waals surface area contributed by atoms with Gasteiger partial charge in [-0.15, -0.1) is 0 Å². The van der Waals surface area contributed by atoms with Crippen LogP contribution in [-0.2, 0) is 16.0 Å². The second kappa shape index (κ2) is 9.80. The number of carboxylic acids is 1. The fraction of sp³-hybridized carbons (Fsp3) is 0.667. The van der Waals surface area contributed by atoms with Gasteiger partial charge in [0.15, 0.2) is 0 Å². The van der Waals surface area contributed by atoms with E-state index < -0.39 is 12.1 Å². The van der Waals surface area contributed by atoms with Crippen LogP contribution in [0, 0.1) is 11.8 Å². The Morgan fingerprint density at radius 2 is 1.91 bits per heavy atom. The van der Waals surface area contributed by atoms with Gasteiger partial charge in [0.25, 0.3) is 0 Å². The highest BCUT2D eigenvalue weighted by Gasteiger charge is 2.35. The molecule has 35 heavy (non-hydrogen) atoms.